The molecule has 2 nitrogen and oxygen atoms in total. The second-order valence-corrected chi connectivity index (χ2v) is 4.94. The van der Waals surface area contributed by atoms with Crippen LogP contribution in [0, 0.1) is 6.92 Å². The number of aryl methyl sites for hydroxylation is 2. The molecule has 1 heterocycles. The second kappa shape index (κ2) is 4.88. The monoisotopic (exact) mass is 251 g/mol. The summed E-state index contributed by atoms with van der Waals surface area (Å²) in [6.45, 7) is 4.26. The smallest absolute Gasteiger partial charge is 0.227 e. The van der Waals surface area contributed by atoms with Crippen molar-refractivity contribution in [1.82, 2.24) is 4.98 Å². The molecule has 0 N–H and O–H groups in total. The third-order valence-electron chi connectivity index (χ3n) is 3.26. The van der Waals surface area contributed by atoms with E-state index in [1.165, 1.54) is 11.1 Å². The average molecular weight is 251 g/mol. The van der Waals surface area contributed by atoms with Crippen LogP contribution in [-0.4, -0.2) is 4.98 Å². The zero-order chi connectivity index (χ0) is 13.2. The first-order valence-electron chi connectivity index (χ1n) is 6.73. The Labute approximate surface area is 113 Å². The Morgan fingerprint density at radius 3 is 2.79 bits per heavy atom. The molecule has 19 heavy (non-hydrogen) atoms. The van der Waals surface area contributed by atoms with Crippen molar-refractivity contribution >= 4 is 11.1 Å². The molecule has 0 saturated carbocycles. The van der Waals surface area contributed by atoms with E-state index in [2.05, 4.69) is 43.1 Å². The fourth-order valence-corrected chi connectivity index (χ4v) is 2.32. The Balaban J connectivity index is 2.06. The van der Waals surface area contributed by atoms with Gasteiger partial charge in [-0.2, -0.15) is 0 Å². The molecule has 0 aliphatic carbocycles. The van der Waals surface area contributed by atoms with Crippen LogP contribution in [0.15, 0.2) is 46.9 Å². The largest absolute Gasteiger partial charge is 0.436 e. The molecule has 2 aromatic carbocycles. The SMILES string of the molecule is CCCc1ccc2oc(-c3cccc(C)c3)nc2c1. The Bertz CT molecular complexity index is 712. The number of oxazole rings is 1. The summed E-state index contributed by atoms with van der Waals surface area (Å²) in [5.74, 6) is 0.701. The minimum absolute atomic E-state index is 0.701. The van der Waals surface area contributed by atoms with Gasteiger partial charge in [0.05, 0.1) is 0 Å². The molecule has 0 saturated heterocycles. The number of hydrogen-bond donors (Lipinski definition) is 0. The van der Waals surface area contributed by atoms with E-state index in [4.69, 9.17) is 4.42 Å². The molecule has 0 bridgehead atoms. The maximum Gasteiger partial charge on any atom is 0.227 e. The van der Waals surface area contributed by atoms with Crippen LogP contribution in [0.25, 0.3) is 22.6 Å². The van der Waals surface area contributed by atoms with Crippen molar-refractivity contribution in [2.45, 2.75) is 26.7 Å². The van der Waals surface area contributed by atoms with Crippen LogP contribution in [0.3, 0.4) is 0 Å². The molecule has 0 fully saturated rings. The molecule has 0 radical (unpaired) electrons. The molecular weight excluding hydrogens is 234 g/mol. The summed E-state index contributed by atoms with van der Waals surface area (Å²) < 4.78 is 5.83. The average Bonchev–Trinajstić information content (AvgIpc) is 2.82. The van der Waals surface area contributed by atoms with Crippen molar-refractivity contribution in [3.05, 3.63) is 53.6 Å². The van der Waals surface area contributed by atoms with Crippen LogP contribution in [0.4, 0.5) is 0 Å². The third-order valence-corrected chi connectivity index (χ3v) is 3.26. The first kappa shape index (κ1) is 12.0. The normalized spacial score (nSPS) is 11.1. The number of fused-ring (bicyclic) bond motifs is 1. The Morgan fingerprint density at radius 2 is 2.00 bits per heavy atom. The van der Waals surface area contributed by atoms with Crippen molar-refractivity contribution in [3.63, 3.8) is 0 Å². The number of benzene rings is 2. The van der Waals surface area contributed by atoms with Gasteiger partial charge in [0.25, 0.3) is 0 Å². The lowest BCUT2D eigenvalue weighted by Gasteiger charge is -1.95. The zero-order valence-corrected chi connectivity index (χ0v) is 11.3. The quantitative estimate of drug-likeness (QED) is 0.671. The van der Waals surface area contributed by atoms with Gasteiger partial charge in [0.1, 0.15) is 5.52 Å². The van der Waals surface area contributed by atoms with E-state index in [0.29, 0.717) is 5.89 Å². The number of aromatic nitrogens is 1. The van der Waals surface area contributed by atoms with Crippen molar-refractivity contribution in [2.24, 2.45) is 0 Å². The number of nitrogens with zero attached hydrogens (tertiary/aromatic N) is 1. The van der Waals surface area contributed by atoms with Crippen molar-refractivity contribution in [1.29, 1.82) is 0 Å². The van der Waals surface area contributed by atoms with E-state index < -0.39 is 0 Å². The van der Waals surface area contributed by atoms with Crippen LogP contribution < -0.4 is 0 Å². The molecule has 0 atom stereocenters. The summed E-state index contributed by atoms with van der Waals surface area (Å²) in [6.07, 6.45) is 2.23. The second-order valence-electron chi connectivity index (χ2n) is 4.94. The highest BCUT2D eigenvalue weighted by molar-refractivity contribution is 5.77. The predicted octanol–water partition coefficient (Wildman–Crippen LogP) is 4.76. The van der Waals surface area contributed by atoms with Gasteiger partial charge >= 0.3 is 0 Å². The Kier molecular flexibility index (Phi) is 3.08. The summed E-state index contributed by atoms with van der Waals surface area (Å²) in [7, 11) is 0. The fraction of sp³-hybridized carbons (Fsp3) is 0.235. The van der Waals surface area contributed by atoms with Gasteiger partial charge in [-0.1, -0.05) is 37.1 Å². The van der Waals surface area contributed by atoms with Gasteiger partial charge in [0.15, 0.2) is 5.58 Å². The summed E-state index contributed by atoms with van der Waals surface area (Å²) in [6, 6.07) is 14.5. The van der Waals surface area contributed by atoms with Gasteiger partial charge in [-0.3, -0.25) is 0 Å². The molecule has 0 spiro atoms. The van der Waals surface area contributed by atoms with Crippen LogP contribution >= 0.6 is 0 Å². The molecule has 96 valence electrons. The van der Waals surface area contributed by atoms with E-state index in [-0.39, 0.29) is 0 Å². The lowest BCUT2D eigenvalue weighted by molar-refractivity contribution is 0.619. The lowest BCUT2D eigenvalue weighted by Crippen LogP contribution is -1.82. The minimum atomic E-state index is 0.701. The van der Waals surface area contributed by atoms with E-state index in [1.54, 1.807) is 0 Å². The minimum Gasteiger partial charge on any atom is -0.436 e. The van der Waals surface area contributed by atoms with Gasteiger partial charge in [0, 0.05) is 5.56 Å². The van der Waals surface area contributed by atoms with Crippen LogP contribution in [0.1, 0.15) is 24.5 Å². The Hall–Kier alpha value is -2.09. The molecule has 0 aliphatic heterocycles. The topological polar surface area (TPSA) is 26.0 Å². The molecular formula is C17H17NO. The summed E-state index contributed by atoms with van der Waals surface area (Å²) >= 11 is 0. The highest BCUT2D eigenvalue weighted by Crippen LogP contribution is 2.25. The van der Waals surface area contributed by atoms with E-state index in [0.717, 1.165) is 29.5 Å². The van der Waals surface area contributed by atoms with Crippen molar-refractivity contribution in [3.8, 4) is 11.5 Å². The predicted molar refractivity (Wildman–Crippen MR) is 78.2 cm³/mol. The highest BCUT2D eigenvalue weighted by Gasteiger charge is 2.08. The first-order chi connectivity index (χ1) is 9.26. The fourth-order valence-electron chi connectivity index (χ4n) is 2.32. The zero-order valence-electron chi connectivity index (χ0n) is 11.3. The van der Waals surface area contributed by atoms with Gasteiger partial charge in [-0.25, -0.2) is 4.98 Å². The molecule has 0 unspecified atom stereocenters. The van der Waals surface area contributed by atoms with Gasteiger partial charge in [-0.05, 0) is 43.2 Å². The van der Waals surface area contributed by atoms with E-state index >= 15 is 0 Å². The van der Waals surface area contributed by atoms with Gasteiger partial charge < -0.3 is 4.42 Å². The first-order valence-corrected chi connectivity index (χ1v) is 6.73. The third kappa shape index (κ3) is 2.39. The highest BCUT2D eigenvalue weighted by atomic mass is 16.3. The summed E-state index contributed by atoms with van der Waals surface area (Å²) in [5, 5.41) is 0. The molecule has 0 aliphatic rings. The van der Waals surface area contributed by atoms with Crippen molar-refractivity contribution < 1.29 is 4.42 Å². The standard InChI is InChI=1S/C17H17NO/c1-3-5-13-8-9-16-15(11-13)18-17(19-16)14-7-4-6-12(2)10-14/h4,6-11H,3,5H2,1-2H3. The van der Waals surface area contributed by atoms with Crippen molar-refractivity contribution in [2.75, 3.05) is 0 Å². The van der Waals surface area contributed by atoms with E-state index in [1.807, 2.05) is 18.2 Å². The maximum atomic E-state index is 5.83. The Morgan fingerprint density at radius 1 is 1.11 bits per heavy atom. The summed E-state index contributed by atoms with van der Waals surface area (Å²) in [4.78, 5) is 4.60. The molecule has 2 heteroatoms. The van der Waals surface area contributed by atoms with Crippen LogP contribution in [0.5, 0.6) is 0 Å². The maximum absolute atomic E-state index is 5.83. The molecule has 0 amide bonds. The summed E-state index contributed by atoms with van der Waals surface area (Å²) in [5.41, 5.74) is 5.37. The van der Waals surface area contributed by atoms with Gasteiger partial charge in [0.2, 0.25) is 5.89 Å². The molecule has 3 aromatic rings. The molecule has 3 rings (SSSR count). The number of rotatable bonds is 3. The van der Waals surface area contributed by atoms with Gasteiger partial charge in [-0.15, -0.1) is 0 Å². The molecule has 1 aromatic heterocycles. The van der Waals surface area contributed by atoms with E-state index in [9.17, 15) is 0 Å². The number of hydrogen-bond acceptors (Lipinski definition) is 2. The van der Waals surface area contributed by atoms with Crippen LogP contribution in [0.2, 0.25) is 0 Å². The van der Waals surface area contributed by atoms with Crippen LogP contribution in [-0.2, 0) is 6.42 Å². The lowest BCUT2D eigenvalue weighted by atomic mass is 10.1.